The zero-order valence-electron chi connectivity index (χ0n) is 47.8. The van der Waals surface area contributed by atoms with E-state index in [9.17, 15) is 19.2 Å². The molecule has 2 saturated heterocycles. The van der Waals surface area contributed by atoms with Crippen molar-refractivity contribution in [3.63, 3.8) is 0 Å². The monoisotopic (exact) mass is 1130 g/mol. The average molecular weight is 1140 g/mol. The van der Waals surface area contributed by atoms with Crippen molar-refractivity contribution in [2.45, 2.75) is 83.4 Å². The topological polar surface area (TPSA) is 170 Å². The van der Waals surface area contributed by atoms with Crippen LogP contribution in [0.1, 0.15) is 91.0 Å². The zero-order chi connectivity index (χ0) is 56.7. The van der Waals surface area contributed by atoms with Crippen LogP contribution in [0.15, 0.2) is 78.9 Å². The molecule has 5 aliphatic rings. The fraction of sp³-hybridized carbons (Fsp3) is 0.556. The number of rotatable bonds is 29. The van der Waals surface area contributed by atoms with Crippen LogP contribution in [-0.4, -0.2) is 171 Å². The number of nitrogens with zero attached hydrogens (tertiary/aromatic N) is 4. The first-order chi connectivity index (χ1) is 39.4. The molecule has 3 atom stereocenters. The van der Waals surface area contributed by atoms with Gasteiger partial charge in [0.25, 0.3) is 0 Å². The van der Waals surface area contributed by atoms with Gasteiger partial charge in [0, 0.05) is 105 Å². The minimum Gasteiger partial charge on any atom is -0.493 e. The summed E-state index contributed by atoms with van der Waals surface area (Å²) in [5.41, 5.74) is 7.36. The summed E-state index contributed by atoms with van der Waals surface area (Å²) in [4.78, 5) is 60.8. The van der Waals surface area contributed by atoms with Gasteiger partial charge in [0.15, 0.2) is 17.3 Å². The third-order valence-electron chi connectivity index (χ3n) is 16.5. The smallest absolute Gasteiger partial charge is 0.232 e. The number of methoxy groups -OCH3 is 1. The lowest BCUT2D eigenvalue weighted by Gasteiger charge is -2.42. The Kier molecular flexibility index (Phi) is 21.9. The number of anilines is 3. The van der Waals surface area contributed by atoms with Crippen LogP contribution in [-0.2, 0) is 50.9 Å². The second-order valence-electron chi connectivity index (χ2n) is 22.3. The van der Waals surface area contributed by atoms with Gasteiger partial charge < -0.3 is 48.3 Å². The van der Waals surface area contributed by atoms with E-state index in [0.29, 0.717) is 120 Å². The highest BCUT2D eigenvalue weighted by atomic mass is 35.5. The Hall–Kier alpha value is -5.63. The van der Waals surface area contributed by atoms with Crippen LogP contribution >= 0.6 is 11.6 Å². The lowest BCUT2D eigenvalue weighted by Crippen LogP contribution is -2.51. The first-order valence-corrected chi connectivity index (χ1v) is 29.7. The van der Waals surface area contributed by atoms with Crippen LogP contribution in [0.4, 0.5) is 17.1 Å². The number of benzene rings is 4. The van der Waals surface area contributed by atoms with E-state index in [1.165, 1.54) is 25.7 Å². The van der Waals surface area contributed by atoms with Gasteiger partial charge >= 0.3 is 0 Å². The number of hydrogen-bond donors (Lipinski definition) is 2. The van der Waals surface area contributed by atoms with Crippen molar-refractivity contribution in [2.75, 3.05) is 141 Å². The SMILES string of the molecule is COc1cc2c(cc1OC(C)C)[C@H](c1ccc(Cl)cc1)N(c1ccc(N(C)C[C@H]3CC[C@H](N4CCN(CCOCCOCCOCCOCCOCCNc5cccc6c5CC(C5CCC(=O)NC5=O)C6=O)CC4)CC3)cc1)C(=O)C2. The quantitative estimate of drug-likeness (QED) is 0.0396. The minimum absolute atomic E-state index is 0.0246. The molecule has 2 unspecified atom stereocenters. The van der Waals surface area contributed by atoms with Gasteiger partial charge in [-0.3, -0.25) is 34.3 Å². The van der Waals surface area contributed by atoms with Crippen LogP contribution in [0.3, 0.4) is 0 Å². The lowest BCUT2D eigenvalue weighted by molar-refractivity contribution is -0.137. The van der Waals surface area contributed by atoms with Crippen LogP contribution in [0.5, 0.6) is 11.5 Å². The molecule has 1 saturated carbocycles. The maximum atomic E-state index is 14.1. The third-order valence-corrected chi connectivity index (χ3v) is 16.8. The number of piperazine rings is 1. The van der Waals surface area contributed by atoms with E-state index >= 15 is 0 Å². The molecule has 4 aromatic rings. The number of halogens is 1. The minimum atomic E-state index is -0.475. The molecule has 0 aromatic heterocycles. The number of ether oxygens (including phenoxy) is 7. The van der Waals surface area contributed by atoms with Crippen LogP contribution in [0, 0.1) is 17.8 Å². The highest BCUT2D eigenvalue weighted by molar-refractivity contribution is 6.30. The van der Waals surface area contributed by atoms with Crippen LogP contribution < -0.4 is 29.9 Å². The fourth-order valence-corrected chi connectivity index (χ4v) is 12.4. The summed E-state index contributed by atoms with van der Waals surface area (Å²) in [5, 5.41) is 6.41. The predicted molar refractivity (Wildman–Crippen MR) is 313 cm³/mol. The molecule has 3 aliphatic heterocycles. The van der Waals surface area contributed by atoms with Crippen LogP contribution in [0.25, 0.3) is 0 Å². The van der Waals surface area contributed by atoms with Gasteiger partial charge in [-0.1, -0.05) is 35.9 Å². The summed E-state index contributed by atoms with van der Waals surface area (Å²) in [6.07, 6.45) is 6.30. The molecule has 3 heterocycles. The number of fused-ring (bicyclic) bond motifs is 2. The van der Waals surface area contributed by atoms with E-state index in [1.54, 1.807) is 7.11 Å². The van der Waals surface area contributed by atoms with Crippen molar-refractivity contribution >= 4 is 52.2 Å². The number of hydrogen-bond acceptors (Lipinski definition) is 15. The second-order valence-corrected chi connectivity index (χ2v) is 22.7. The summed E-state index contributed by atoms with van der Waals surface area (Å²) < 4.78 is 40.5. The Bertz CT molecular complexity index is 2710. The van der Waals surface area contributed by atoms with Crippen molar-refractivity contribution in [1.82, 2.24) is 15.1 Å². The molecule has 9 rings (SSSR count). The van der Waals surface area contributed by atoms with E-state index in [2.05, 4.69) is 56.6 Å². The van der Waals surface area contributed by atoms with E-state index in [4.69, 9.17) is 44.8 Å². The molecule has 3 amide bonds. The van der Waals surface area contributed by atoms with Gasteiger partial charge in [0.05, 0.1) is 91.7 Å². The van der Waals surface area contributed by atoms with Gasteiger partial charge in [0.1, 0.15) is 0 Å². The molecule has 81 heavy (non-hydrogen) atoms. The van der Waals surface area contributed by atoms with Crippen LogP contribution in [0.2, 0.25) is 5.02 Å². The first kappa shape index (κ1) is 60.0. The summed E-state index contributed by atoms with van der Waals surface area (Å²) in [5.74, 6) is 0.396. The molecular weight excluding hydrogens is 1050 g/mol. The maximum absolute atomic E-state index is 14.1. The number of nitrogens with one attached hydrogen (secondary N) is 2. The van der Waals surface area contributed by atoms with Gasteiger partial charge in [-0.25, -0.2) is 0 Å². The number of Topliss-reactive ketones (excluding diaryl/α,β-unsaturated/α-hetero) is 1. The van der Waals surface area contributed by atoms with Crippen molar-refractivity contribution in [2.24, 2.45) is 17.8 Å². The predicted octanol–water partition coefficient (Wildman–Crippen LogP) is 8.03. The van der Waals surface area contributed by atoms with Gasteiger partial charge in [-0.05, 0) is 135 Å². The molecule has 4 aromatic carbocycles. The Morgan fingerprint density at radius 1 is 0.728 bits per heavy atom. The zero-order valence-corrected chi connectivity index (χ0v) is 48.6. The molecule has 17 nitrogen and oxygen atoms in total. The van der Waals surface area contributed by atoms with Crippen molar-refractivity contribution in [3.8, 4) is 11.5 Å². The van der Waals surface area contributed by atoms with Gasteiger partial charge in [0.2, 0.25) is 17.7 Å². The molecular formula is C63H83ClN6O11. The Morgan fingerprint density at radius 3 is 2.02 bits per heavy atom. The summed E-state index contributed by atoms with van der Waals surface area (Å²) in [6.45, 7) is 16.0. The molecule has 3 fully saturated rings. The number of ketones is 1. The number of carbonyl (C=O) groups excluding carboxylic acids is 4. The van der Waals surface area contributed by atoms with Crippen molar-refractivity contribution < 1.29 is 52.3 Å². The van der Waals surface area contributed by atoms with Crippen molar-refractivity contribution in [3.05, 3.63) is 112 Å². The van der Waals surface area contributed by atoms with E-state index in [0.717, 1.165) is 78.6 Å². The maximum Gasteiger partial charge on any atom is 0.232 e. The molecule has 2 N–H and O–H groups in total. The highest BCUT2D eigenvalue weighted by Crippen LogP contribution is 2.45. The van der Waals surface area contributed by atoms with E-state index in [1.807, 2.05) is 73.3 Å². The molecule has 0 spiro atoms. The van der Waals surface area contributed by atoms with E-state index in [-0.39, 0.29) is 48.5 Å². The van der Waals surface area contributed by atoms with Crippen molar-refractivity contribution in [1.29, 1.82) is 0 Å². The number of piperidine rings is 1. The molecule has 0 radical (unpaired) electrons. The van der Waals surface area contributed by atoms with Gasteiger partial charge in [-0.15, -0.1) is 0 Å². The highest BCUT2D eigenvalue weighted by Gasteiger charge is 2.43. The largest absolute Gasteiger partial charge is 0.493 e. The number of imide groups is 1. The molecule has 438 valence electrons. The van der Waals surface area contributed by atoms with E-state index < -0.39 is 11.8 Å². The molecule has 0 bridgehead atoms. The molecule has 2 aliphatic carbocycles. The second kappa shape index (κ2) is 29.6. The molecule has 18 heteroatoms. The average Bonchev–Trinajstić information content (AvgIpc) is 3.87. The van der Waals surface area contributed by atoms with Gasteiger partial charge in [-0.2, -0.15) is 0 Å². The summed E-state index contributed by atoms with van der Waals surface area (Å²) in [7, 11) is 3.82. The Balaban J connectivity index is 0.581. The fourth-order valence-electron chi connectivity index (χ4n) is 12.3. The summed E-state index contributed by atoms with van der Waals surface area (Å²) in [6, 6.07) is 26.1. The summed E-state index contributed by atoms with van der Waals surface area (Å²) >= 11 is 6.35. The Labute approximate surface area is 483 Å². The first-order valence-electron chi connectivity index (χ1n) is 29.3. The third kappa shape index (κ3) is 15.9. The number of carbonyl (C=O) groups is 4. The Morgan fingerprint density at radius 2 is 1.38 bits per heavy atom. The number of amides is 3. The lowest BCUT2D eigenvalue weighted by atomic mass is 9.83. The standard InChI is InChI=1S/C63H83ClN6O11/c1-43(2)81-58-41-53-46(38-57(58)75-4)39-60(72)70(61(53)45-10-12-47(64)13-11-45)50-18-16-48(17-19-50)67(3)42-44-8-14-49(15-9-44)69-25-23-68(24-26-69)27-29-77-31-33-79-35-37-80-36-34-78-32-30-76-28-22-65-56-7-5-6-51-54(56)40-55(62(51)73)52-20-21-59(71)66-63(52)74/h5-7,10-13,16-19,38,41,43-44,49,52,55,61,65H,8-9,14-15,20-37,39-40,42H2,1-4H3,(H,66,71,74)/t44-,49-,52?,55?,61-/m0/s1. The normalized spacial score (nSPS) is 21.5.